The van der Waals surface area contributed by atoms with Gasteiger partial charge in [-0.05, 0) is 31.9 Å². The third kappa shape index (κ3) is 3.28. The second-order valence-electron chi connectivity index (χ2n) is 3.92. The topological polar surface area (TPSA) is 86.3 Å². The van der Waals surface area contributed by atoms with Gasteiger partial charge in [-0.1, -0.05) is 17.7 Å². The van der Waals surface area contributed by atoms with Crippen molar-refractivity contribution in [3.8, 4) is 0 Å². The number of nitrogens with one attached hydrogen (secondary N) is 1. The summed E-state index contributed by atoms with van der Waals surface area (Å²) in [5.41, 5.74) is 2.14. The number of carbonyl (C=O) groups is 1. The average Bonchev–Trinajstić information content (AvgIpc) is 2.12. The molecule has 1 N–H and O–H groups in total. The van der Waals surface area contributed by atoms with E-state index < -0.39 is 22.5 Å². The normalized spacial score (nSPS) is 11.5. The zero-order valence-corrected chi connectivity index (χ0v) is 10.7. The highest BCUT2D eigenvalue weighted by molar-refractivity contribution is 7.89. The zero-order chi connectivity index (χ0) is 13.2. The first kappa shape index (κ1) is 13.7. The van der Waals surface area contributed by atoms with Crippen LogP contribution < -0.4 is 9.83 Å². The van der Waals surface area contributed by atoms with Gasteiger partial charge in [0.25, 0.3) is 0 Å². The van der Waals surface area contributed by atoms with Gasteiger partial charge in [0.1, 0.15) is 0 Å². The quantitative estimate of drug-likeness (QED) is 0.797. The van der Waals surface area contributed by atoms with Crippen LogP contribution in [-0.4, -0.2) is 20.9 Å². The number of carboxylic acids is 1. The van der Waals surface area contributed by atoms with Gasteiger partial charge in [0.2, 0.25) is 10.0 Å². The molecule has 0 aliphatic heterocycles. The third-order valence-corrected chi connectivity index (χ3v) is 3.99. The number of sulfonamides is 1. The Labute approximate surface area is 101 Å². The Morgan fingerprint density at radius 1 is 1.24 bits per heavy atom. The maximum atomic E-state index is 11.9. The standard InChI is InChI=1S/C11H15NO4S/c1-7-4-8(2)11(9(3)5-7)17(15,16)12-6-10(13)14/h4-5,12H,6H2,1-3H3,(H,13,14)/p-1. The second-order valence-corrected chi connectivity index (χ2v) is 5.63. The number of aryl methyl sites for hydroxylation is 3. The van der Waals surface area contributed by atoms with Crippen LogP contribution >= 0.6 is 0 Å². The van der Waals surface area contributed by atoms with Gasteiger partial charge in [-0.25, -0.2) is 13.1 Å². The Morgan fingerprint density at radius 2 is 1.71 bits per heavy atom. The minimum Gasteiger partial charge on any atom is -0.549 e. The molecule has 94 valence electrons. The van der Waals surface area contributed by atoms with Crippen molar-refractivity contribution in [1.82, 2.24) is 4.72 Å². The van der Waals surface area contributed by atoms with E-state index in [1.54, 1.807) is 26.0 Å². The molecule has 1 rings (SSSR count). The van der Waals surface area contributed by atoms with E-state index in [4.69, 9.17) is 0 Å². The van der Waals surface area contributed by atoms with E-state index in [0.29, 0.717) is 11.1 Å². The molecule has 0 radical (unpaired) electrons. The summed E-state index contributed by atoms with van der Waals surface area (Å²) in [5, 5.41) is 10.3. The van der Waals surface area contributed by atoms with E-state index in [2.05, 4.69) is 0 Å². The molecule has 6 heteroatoms. The predicted octanol–water partition coefficient (Wildman–Crippen LogP) is -0.360. The summed E-state index contributed by atoms with van der Waals surface area (Å²) in [4.78, 5) is 10.4. The van der Waals surface area contributed by atoms with Gasteiger partial charge in [0.15, 0.2) is 0 Å². The first-order chi connectivity index (χ1) is 7.74. The monoisotopic (exact) mass is 256 g/mol. The highest BCUT2D eigenvalue weighted by Crippen LogP contribution is 2.21. The first-order valence-corrected chi connectivity index (χ1v) is 6.49. The lowest BCUT2D eigenvalue weighted by atomic mass is 10.1. The Balaban J connectivity index is 3.20. The van der Waals surface area contributed by atoms with Crippen molar-refractivity contribution >= 4 is 16.0 Å². The van der Waals surface area contributed by atoms with Gasteiger partial charge >= 0.3 is 0 Å². The fraction of sp³-hybridized carbons (Fsp3) is 0.364. The molecule has 0 unspecified atom stereocenters. The van der Waals surface area contributed by atoms with Gasteiger partial charge in [0.05, 0.1) is 17.4 Å². The Kier molecular flexibility index (Phi) is 3.90. The fourth-order valence-electron chi connectivity index (χ4n) is 1.82. The molecule has 0 fully saturated rings. The molecule has 0 spiro atoms. The molecule has 0 heterocycles. The van der Waals surface area contributed by atoms with Crippen LogP contribution in [0.15, 0.2) is 17.0 Å². The van der Waals surface area contributed by atoms with E-state index in [1.165, 1.54) is 0 Å². The summed E-state index contributed by atoms with van der Waals surface area (Å²) in [6.07, 6.45) is 0. The number of benzene rings is 1. The predicted molar refractivity (Wildman–Crippen MR) is 60.8 cm³/mol. The van der Waals surface area contributed by atoms with Crippen LogP contribution in [0.25, 0.3) is 0 Å². The van der Waals surface area contributed by atoms with E-state index in [9.17, 15) is 18.3 Å². The van der Waals surface area contributed by atoms with Gasteiger partial charge in [-0.15, -0.1) is 0 Å². The smallest absolute Gasteiger partial charge is 0.241 e. The largest absolute Gasteiger partial charge is 0.549 e. The van der Waals surface area contributed by atoms with Crippen LogP contribution in [0, 0.1) is 20.8 Å². The maximum absolute atomic E-state index is 11.9. The molecule has 0 aliphatic carbocycles. The highest BCUT2D eigenvalue weighted by Gasteiger charge is 2.19. The highest BCUT2D eigenvalue weighted by atomic mass is 32.2. The Morgan fingerprint density at radius 3 is 2.12 bits per heavy atom. The SMILES string of the molecule is Cc1cc(C)c(S(=O)(=O)NCC(=O)[O-])c(C)c1. The van der Waals surface area contributed by atoms with Crippen LogP contribution in [-0.2, 0) is 14.8 Å². The molecule has 0 bridgehead atoms. The molecule has 5 nitrogen and oxygen atoms in total. The van der Waals surface area contributed by atoms with Gasteiger partial charge in [-0.3, -0.25) is 0 Å². The number of hydrogen-bond donors (Lipinski definition) is 1. The minimum absolute atomic E-state index is 0.129. The van der Waals surface area contributed by atoms with Crippen molar-refractivity contribution in [2.24, 2.45) is 0 Å². The summed E-state index contributed by atoms with van der Waals surface area (Å²) in [7, 11) is -3.80. The number of rotatable bonds is 4. The van der Waals surface area contributed by atoms with Crippen molar-refractivity contribution in [2.45, 2.75) is 25.7 Å². The number of carbonyl (C=O) groups excluding carboxylic acids is 1. The van der Waals surface area contributed by atoms with E-state index >= 15 is 0 Å². The van der Waals surface area contributed by atoms with Crippen LogP contribution in [0.4, 0.5) is 0 Å². The fourth-order valence-corrected chi connectivity index (χ4v) is 3.23. The number of aliphatic carboxylic acids is 1. The van der Waals surface area contributed by atoms with E-state index in [0.717, 1.165) is 5.56 Å². The Hall–Kier alpha value is -1.40. The molecular formula is C11H14NO4S-. The number of carboxylic acid groups (broad SMARTS) is 1. The molecular weight excluding hydrogens is 242 g/mol. The van der Waals surface area contributed by atoms with Crippen molar-refractivity contribution < 1.29 is 18.3 Å². The van der Waals surface area contributed by atoms with Crippen LogP contribution in [0.5, 0.6) is 0 Å². The molecule has 0 aliphatic rings. The number of hydrogen-bond acceptors (Lipinski definition) is 4. The summed E-state index contributed by atoms with van der Waals surface area (Å²) >= 11 is 0. The van der Waals surface area contributed by atoms with Crippen molar-refractivity contribution in [1.29, 1.82) is 0 Å². The van der Waals surface area contributed by atoms with Crippen LogP contribution in [0.2, 0.25) is 0 Å². The molecule has 1 aromatic carbocycles. The zero-order valence-electron chi connectivity index (χ0n) is 9.90. The third-order valence-electron chi connectivity index (χ3n) is 2.28. The molecule has 0 saturated heterocycles. The first-order valence-electron chi connectivity index (χ1n) is 5.01. The van der Waals surface area contributed by atoms with E-state index in [-0.39, 0.29) is 4.90 Å². The van der Waals surface area contributed by atoms with E-state index in [1.807, 2.05) is 11.6 Å². The lowest BCUT2D eigenvalue weighted by Crippen LogP contribution is -2.38. The second kappa shape index (κ2) is 4.85. The average molecular weight is 256 g/mol. The lowest BCUT2D eigenvalue weighted by Gasteiger charge is -2.13. The molecule has 0 saturated carbocycles. The van der Waals surface area contributed by atoms with Crippen molar-refractivity contribution in [2.75, 3.05) is 6.54 Å². The van der Waals surface area contributed by atoms with Crippen molar-refractivity contribution in [3.05, 3.63) is 28.8 Å². The molecule has 0 aromatic heterocycles. The summed E-state index contributed by atoms with van der Waals surface area (Å²) < 4.78 is 25.8. The summed E-state index contributed by atoms with van der Waals surface area (Å²) in [6, 6.07) is 3.47. The molecule has 1 aromatic rings. The minimum atomic E-state index is -3.80. The van der Waals surface area contributed by atoms with Gasteiger partial charge in [-0.2, -0.15) is 0 Å². The van der Waals surface area contributed by atoms with Gasteiger partial charge in [0, 0.05) is 0 Å². The summed E-state index contributed by atoms with van der Waals surface area (Å²) in [6.45, 7) is 4.49. The lowest BCUT2D eigenvalue weighted by molar-refractivity contribution is -0.303. The molecule has 17 heavy (non-hydrogen) atoms. The Bertz CT molecular complexity index is 526. The summed E-state index contributed by atoms with van der Waals surface area (Å²) in [5.74, 6) is -1.46. The van der Waals surface area contributed by atoms with Gasteiger partial charge < -0.3 is 9.90 Å². The molecule has 0 atom stereocenters. The molecule has 0 amide bonds. The van der Waals surface area contributed by atoms with Crippen molar-refractivity contribution in [3.63, 3.8) is 0 Å². The van der Waals surface area contributed by atoms with Crippen LogP contribution in [0.1, 0.15) is 16.7 Å². The maximum Gasteiger partial charge on any atom is 0.241 e. The van der Waals surface area contributed by atoms with Crippen LogP contribution in [0.3, 0.4) is 0 Å².